The summed E-state index contributed by atoms with van der Waals surface area (Å²) in [6.45, 7) is 1.84. The molecule has 0 radical (unpaired) electrons. The molecule has 0 heterocycles. The molecule has 20 heavy (non-hydrogen) atoms. The molecule has 2 rings (SSSR count). The highest BCUT2D eigenvalue weighted by Gasteiger charge is 2.15. The highest BCUT2D eigenvalue weighted by atomic mass is 16.1. The van der Waals surface area contributed by atoms with E-state index in [0.717, 1.165) is 5.56 Å². The number of nitrogens with two attached hydrogens (primary N) is 1. The number of nitrogen functional groups attached to an aromatic ring is 1. The molecule has 1 atom stereocenters. The standard InChI is InChI=1S/C16H15N3O/c1-11(13-5-3-2-4-6-13)16(20)19-15-8-7-12(10-17)9-14(15)18/h2-9,11H,18H2,1H3,(H,19,20). The van der Waals surface area contributed by atoms with Gasteiger partial charge in [0.15, 0.2) is 0 Å². The molecule has 0 spiro atoms. The molecule has 3 N–H and O–H groups in total. The van der Waals surface area contributed by atoms with Crippen LogP contribution in [0.1, 0.15) is 24.0 Å². The molecule has 0 fully saturated rings. The zero-order valence-electron chi connectivity index (χ0n) is 11.1. The molecular formula is C16H15N3O. The second-order valence-electron chi connectivity index (χ2n) is 4.54. The Balaban J connectivity index is 2.14. The van der Waals surface area contributed by atoms with Crippen LogP contribution in [0.25, 0.3) is 0 Å². The summed E-state index contributed by atoms with van der Waals surface area (Å²) in [6.07, 6.45) is 0. The smallest absolute Gasteiger partial charge is 0.231 e. The van der Waals surface area contributed by atoms with E-state index in [4.69, 9.17) is 11.0 Å². The van der Waals surface area contributed by atoms with E-state index in [2.05, 4.69) is 5.32 Å². The number of nitrogens with one attached hydrogen (secondary N) is 1. The third-order valence-electron chi connectivity index (χ3n) is 3.13. The van der Waals surface area contributed by atoms with Crippen LogP contribution < -0.4 is 11.1 Å². The number of hydrogen-bond acceptors (Lipinski definition) is 3. The van der Waals surface area contributed by atoms with Crippen LogP contribution >= 0.6 is 0 Å². The van der Waals surface area contributed by atoms with Crippen LogP contribution in [0.4, 0.5) is 11.4 Å². The predicted molar refractivity (Wildman–Crippen MR) is 79.1 cm³/mol. The van der Waals surface area contributed by atoms with Crippen molar-refractivity contribution in [2.75, 3.05) is 11.1 Å². The molecule has 100 valence electrons. The summed E-state index contributed by atoms with van der Waals surface area (Å²) < 4.78 is 0. The summed E-state index contributed by atoms with van der Waals surface area (Å²) in [7, 11) is 0. The van der Waals surface area contributed by atoms with Crippen LogP contribution in [0.15, 0.2) is 48.5 Å². The Morgan fingerprint density at radius 2 is 1.95 bits per heavy atom. The fourth-order valence-electron chi connectivity index (χ4n) is 1.88. The molecule has 0 bridgehead atoms. The lowest BCUT2D eigenvalue weighted by atomic mass is 10.0. The zero-order valence-corrected chi connectivity index (χ0v) is 11.1. The van der Waals surface area contributed by atoms with Crippen molar-refractivity contribution in [2.24, 2.45) is 0 Å². The highest BCUT2D eigenvalue weighted by molar-refractivity contribution is 5.98. The van der Waals surface area contributed by atoms with Crippen molar-refractivity contribution in [1.82, 2.24) is 0 Å². The second-order valence-corrected chi connectivity index (χ2v) is 4.54. The van der Waals surface area contributed by atoms with Crippen molar-refractivity contribution in [3.05, 3.63) is 59.7 Å². The maximum Gasteiger partial charge on any atom is 0.231 e. The number of anilines is 2. The first-order chi connectivity index (χ1) is 9.61. The summed E-state index contributed by atoms with van der Waals surface area (Å²) in [6, 6.07) is 16.3. The molecule has 2 aromatic carbocycles. The van der Waals surface area contributed by atoms with E-state index in [9.17, 15) is 4.79 Å². The van der Waals surface area contributed by atoms with Gasteiger partial charge in [0.25, 0.3) is 0 Å². The van der Waals surface area contributed by atoms with E-state index >= 15 is 0 Å². The molecule has 0 aliphatic heterocycles. The van der Waals surface area contributed by atoms with Gasteiger partial charge in [-0.2, -0.15) is 5.26 Å². The maximum absolute atomic E-state index is 12.2. The van der Waals surface area contributed by atoms with Crippen molar-refractivity contribution in [3.63, 3.8) is 0 Å². The molecule has 0 aliphatic rings. The Labute approximate surface area is 117 Å². The quantitative estimate of drug-likeness (QED) is 0.837. The van der Waals surface area contributed by atoms with Crippen molar-refractivity contribution in [2.45, 2.75) is 12.8 Å². The lowest BCUT2D eigenvalue weighted by Crippen LogP contribution is -2.19. The van der Waals surface area contributed by atoms with E-state index < -0.39 is 0 Å². The van der Waals surface area contributed by atoms with Crippen LogP contribution in [0, 0.1) is 11.3 Å². The molecule has 0 aliphatic carbocycles. The van der Waals surface area contributed by atoms with E-state index in [0.29, 0.717) is 16.9 Å². The maximum atomic E-state index is 12.2. The van der Waals surface area contributed by atoms with E-state index in [1.807, 2.05) is 43.3 Å². The fraction of sp³-hybridized carbons (Fsp3) is 0.125. The molecule has 1 unspecified atom stereocenters. The minimum Gasteiger partial charge on any atom is -0.397 e. The van der Waals surface area contributed by atoms with Gasteiger partial charge < -0.3 is 11.1 Å². The van der Waals surface area contributed by atoms with E-state index in [-0.39, 0.29) is 11.8 Å². The van der Waals surface area contributed by atoms with Gasteiger partial charge in [0, 0.05) is 0 Å². The molecule has 1 amide bonds. The monoisotopic (exact) mass is 265 g/mol. The lowest BCUT2D eigenvalue weighted by Gasteiger charge is -2.14. The Morgan fingerprint density at radius 3 is 2.55 bits per heavy atom. The van der Waals surface area contributed by atoms with Gasteiger partial charge in [-0.25, -0.2) is 0 Å². The molecule has 0 saturated carbocycles. The summed E-state index contributed by atoms with van der Waals surface area (Å²) >= 11 is 0. The minimum atomic E-state index is -0.272. The van der Waals surface area contributed by atoms with Crippen LogP contribution in [-0.2, 0) is 4.79 Å². The van der Waals surface area contributed by atoms with E-state index in [1.165, 1.54) is 0 Å². The molecule has 4 nitrogen and oxygen atoms in total. The van der Waals surface area contributed by atoms with Crippen molar-refractivity contribution >= 4 is 17.3 Å². The van der Waals surface area contributed by atoms with Crippen LogP contribution in [0.3, 0.4) is 0 Å². The normalized spacial score (nSPS) is 11.4. The van der Waals surface area contributed by atoms with Crippen LogP contribution in [-0.4, -0.2) is 5.91 Å². The summed E-state index contributed by atoms with van der Waals surface area (Å²) in [4.78, 5) is 12.2. The predicted octanol–water partition coefficient (Wildman–Crippen LogP) is 2.88. The topological polar surface area (TPSA) is 78.9 Å². The van der Waals surface area contributed by atoms with Gasteiger partial charge in [-0.05, 0) is 30.7 Å². The van der Waals surface area contributed by atoms with Crippen molar-refractivity contribution in [3.8, 4) is 6.07 Å². The first-order valence-corrected chi connectivity index (χ1v) is 6.27. The number of carbonyl (C=O) groups is 1. The molecule has 0 aromatic heterocycles. The average Bonchev–Trinajstić information content (AvgIpc) is 2.49. The van der Waals surface area contributed by atoms with Gasteiger partial charge in [-0.15, -0.1) is 0 Å². The average molecular weight is 265 g/mol. The Hall–Kier alpha value is -2.80. The van der Waals surface area contributed by atoms with Gasteiger partial charge >= 0.3 is 0 Å². The summed E-state index contributed by atoms with van der Waals surface area (Å²) in [5.41, 5.74) is 8.14. The highest BCUT2D eigenvalue weighted by Crippen LogP contribution is 2.22. The zero-order chi connectivity index (χ0) is 14.5. The summed E-state index contributed by atoms with van der Waals surface area (Å²) in [5, 5.41) is 11.6. The van der Waals surface area contributed by atoms with Gasteiger partial charge in [-0.3, -0.25) is 4.79 Å². The Morgan fingerprint density at radius 1 is 1.25 bits per heavy atom. The van der Waals surface area contributed by atoms with Crippen molar-refractivity contribution < 1.29 is 4.79 Å². The number of nitriles is 1. The number of benzene rings is 2. The SMILES string of the molecule is CC(C(=O)Nc1ccc(C#N)cc1N)c1ccccc1. The van der Waals surface area contributed by atoms with Gasteiger partial charge in [0.1, 0.15) is 0 Å². The molecule has 0 saturated heterocycles. The van der Waals surface area contributed by atoms with Crippen molar-refractivity contribution in [1.29, 1.82) is 5.26 Å². The molecule has 4 heteroatoms. The molecule has 2 aromatic rings. The van der Waals surface area contributed by atoms with Crippen LogP contribution in [0.5, 0.6) is 0 Å². The first kappa shape index (κ1) is 13.6. The molecular weight excluding hydrogens is 250 g/mol. The largest absolute Gasteiger partial charge is 0.397 e. The third-order valence-corrected chi connectivity index (χ3v) is 3.13. The van der Waals surface area contributed by atoms with Crippen LogP contribution in [0.2, 0.25) is 0 Å². The first-order valence-electron chi connectivity index (χ1n) is 6.27. The number of rotatable bonds is 3. The Bertz CT molecular complexity index is 659. The number of amides is 1. The fourth-order valence-corrected chi connectivity index (χ4v) is 1.88. The minimum absolute atomic E-state index is 0.132. The number of nitrogens with zero attached hydrogens (tertiary/aromatic N) is 1. The lowest BCUT2D eigenvalue weighted by molar-refractivity contribution is -0.117. The number of carbonyl (C=O) groups excluding carboxylic acids is 1. The number of hydrogen-bond donors (Lipinski definition) is 2. The van der Waals surface area contributed by atoms with Gasteiger partial charge in [0.2, 0.25) is 5.91 Å². The Kier molecular flexibility index (Phi) is 4.02. The van der Waals surface area contributed by atoms with E-state index in [1.54, 1.807) is 18.2 Å². The third kappa shape index (κ3) is 2.96. The van der Waals surface area contributed by atoms with Gasteiger partial charge in [-0.1, -0.05) is 30.3 Å². The van der Waals surface area contributed by atoms with Gasteiger partial charge in [0.05, 0.1) is 28.9 Å². The summed E-state index contributed by atoms with van der Waals surface area (Å²) in [5.74, 6) is -0.404. The second kappa shape index (κ2) is 5.89.